The normalized spacial score (nSPS) is 20.1. The highest BCUT2D eigenvalue weighted by Gasteiger charge is 2.14. The number of piperazine rings is 1. The Kier molecular flexibility index (Phi) is 6.15. The molecule has 1 aliphatic rings. The second-order valence-corrected chi connectivity index (χ2v) is 4.03. The highest BCUT2D eigenvalue weighted by molar-refractivity contribution is 4.71. The van der Waals surface area contributed by atoms with Gasteiger partial charge in [0.2, 0.25) is 0 Å². The largest absolute Gasteiger partial charge is 0.315 e. The van der Waals surface area contributed by atoms with Crippen LogP contribution in [-0.2, 0) is 0 Å². The lowest BCUT2D eigenvalue weighted by atomic mass is 10.3. The predicted octanol–water partition coefficient (Wildman–Crippen LogP) is 0.624. The molecule has 0 saturated carbocycles. The van der Waals surface area contributed by atoms with Crippen molar-refractivity contribution in [3.63, 3.8) is 0 Å². The van der Waals surface area contributed by atoms with Crippen LogP contribution in [0.4, 0.5) is 0 Å². The zero-order valence-corrected chi connectivity index (χ0v) is 9.76. The van der Waals surface area contributed by atoms with Crippen LogP contribution in [0.2, 0.25) is 0 Å². The van der Waals surface area contributed by atoms with Gasteiger partial charge in [-0.25, -0.2) is 0 Å². The van der Waals surface area contributed by atoms with Crippen LogP contribution in [-0.4, -0.2) is 62.2 Å². The Hall–Kier alpha value is -0.120. The molecule has 14 heavy (non-hydrogen) atoms. The van der Waals surface area contributed by atoms with Crippen molar-refractivity contribution in [3.8, 4) is 0 Å². The fourth-order valence-electron chi connectivity index (χ4n) is 1.87. The van der Waals surface area contributed by atoms with Crippen molar-refractivity contribution in [1.82, 2.24) is 15.1 Å². The molecule has 3 nitrogen and oxygen atoms in total. The number of nitrogens with one attached hydrogen (secondary N) is 1. The minimum atomic E-state index is 1.15. The first-order chi connectivity index (χ1) is 6.86. The monoisotopic (exact) mass is 199 g/mol. The molecule has 0 aromatic rings. The van der Waals surface area contributed by atoms with E-state index in [-0.39, 0.29) is 0 Å². The fraction of sp³-hybridized carbons (Fsp3) is 1.00. The van der Waals surface area contributed by atoms with Crippen molar-refractivity contribution in [2.24, 2.45) is 0 Å². The molecule has 0 bridgehead atoms. The quantitative estimate of drug-likeness (QED) is 0.633. The van der Waals surface area contributed by atoms with Crippen LogP contribution in [0.15, 0.2) is 0 Å². The smallest absolute Gasteiger partial charge is 0.0110 e. The molecule has 0 amide bonds. The molecular weight excluding hydrogens is 174 g/mol. The maximum atomic E-state index is 3.45. The van der Waals surface area contributed by atoms with E-state index in [1.54, 1.807) is 0 Å². The van der Waals surface area contributed by atoms with Gasteiger partial charge in [0, 0.05) is 39.3 Å². The number of hydrogen-bond acceptors (Lipinski definition) is 3. The molecule has 0 radical (unpaired) electrons. The van der Waals surface area contributed by atoms with E-state index in [2.05, 4.69) is 29.0 Å². The van der Waals surface area contributed by atoms with E-state index in [9.17, 15) is 0 Å². The summed E-state index contributed by atoms with van der Waals surface area (Å²) in [6.07, 6.45) is 1.24. The summed E-state index contributed by atoms with van der Waals surface area (Å²) in [6.45, 7) is 14.2. The molecule has 0 aliphatic carbocycles. The topological polar surface area (TPSA) is 18.5 Å². The molecule has 84 valence electrons. The molecular formula is C11H25N3. The van der Waals surface area contributed by atoms with Crippen LogP contribution in [0.25, 0.3) is 0 Å². The van der Waals surface area contributed by atoms with E-state index < -0.39 is 0 Å². The van der Waals surface area contributed by atoms with Crippen LogP contribution in [0.3, 0.4) is 0 Å². The van der Waals surface area contributed by atoms with Gasteiger partial charge in [-0.1, -0.05) is 13.8 Å². The lowest BCUT2D eigenvalue weighted by molar-refractivity contribution is 0.138. The highest BCUT2D eigenvalue weighted by atomic mass is 15.3. The van der Waals surface area contributed by atoms with Crippen molar-refractivity contribution >= 4 is 0 Å². The first-order valence-electron chi connectivity index (χ1n) is 6.02. The van der Waals surface area contributed by atoms with Crippen LogP contribution in [0.5, 0.6) is 0 Å². The Bertz CT molecular complexity index is 130. The number of likely N-dealkylation sites (N-methyl/N-ethyl adjacent to an activating group) is 1. The summed E-state index contributed by atoms with van der Waals surface area (Å²) < 4.78 is 0. The molecule has 1 N–H and O–H groups in total. The summed E-state index contributed by atoms with van der Waals surface area (Å²) in [7, 11) is 0. The maximum absolute atomic E-state index is 3.45. The Morgan fingerprint density at radius 2 is 1.57 bits per heavy atom. The Morgan fingerprint density at radius 1 is 0.929 bits per heavy atom. The minimum Gasteiger partial charge on any atom is -0.315 e. The SMILES string of the molecule is CCCNCCN1CCN(CC)CC1. The summed E-state index contributed by atoms with van der Waals surface area (Å²) in [5, 5.41) is 3.45. The molecule has 1 rings (SSSR count). The third-order valence-corrected chi connectivity index (χ3v) is 2.94. The molecule has 1 fully saturated rings. The maximum Gasteiger partial charge on any atom is 0.0110 e. The first kappa shape index (κ1) is 12.0. The van der Waals surface area contributed by atoms with Crippen LogP contribution in [0.1, 0.15) is 20.3 Å². The molecule has 1 heterocycles. The lowest BCUT2D eigenvalue weighted by Gasteiger charge is -2.33. The molecule has 0 spiro atoms. The van der Waals surface area contributed by atoms with Gasteiger partial charge in [0.1, 0.15) is 0 Å². The van der Waals surface area contributed by atoms with Crippen molar-refractivity contribution in [1.29, 1.82) is 0 Å². The van der Waals surface area contributed by atoms with E-state index in [1.807, 2.05) is 0 Å². The third kappa shape index (κ3) is 4.40. The average Bonchev–Trinajstić information content (AvgIpc) is 2.25. The molecule has 0 unspecified atom stereocenters. The van der Waals surface area contributed by atoms with E-state index >= 15 is 0 Å². The van der Waals surface area contributed by atoms with Gasteiger partial charge < -0.3 is 10.2 Å². The van der Waals surface area contributed by atoms with Gasteiger partial charge in [-0.05, 0) is 19.5 Å². The van der Waals surface area contributed by atoms with Crippen molar-refractivity contribution in [3.05, 3.63) is 0 Å². The van der Waals surface area contributed by atoms with Gasteiger partial charge in [-0.2, -0.15) is 0 Å². The second kappa shape index (κ2) is 7.21. The van der Waals surface area contributed by atoms with Crippen LogP contribution >= 0.6 is 0 Å². The van der Waals surface area contributed by atoms with E-state index in [0.717, 1.165) is 13.1 Å². The van der Waals surface area contributed by atoms with Gasteiger partial charge >= 0.3 is 0 Å². The van der Waals surface area contributed by atoms with Crippen molar-refractivity contribution in [2.45, 2.75) is 20.3 Å². The van der Waals surface area contributed by atoms with Crippen molar-refractivity contribution in [2.75, 3.05) is 52.4 Å². The van der Waals surface area contributed by atoms with Crippen LogP contribution in [0, 0.1) is 0 Å². The minimum absolute atomic E-state index is 1.15. The van der Waals surface area contributed by atoms with Gasteiger partial charge in [-0.15, -0.1) is 0 Å². The summed E-state index contributed by atoms with van der Waals surface area (Å²) in [4.78, 5) is 5.09. The fourth-order valence-corrected chi connectivity index (χ4v) is 1.87. The zero-order valence-electron chi connectivity index (χ0n) is 9.76. The molecule has 0 aromatic carbocycles. The number of hydrogen-bond donors (Lipinski definition) is 1. The van der Waals surface area contributed by atoms with Gasteiger partial charge in [0.25, 0.3) is 0 Å². The Balaban J connectivity index is 1.98. The highest BCUT2D eigenvalue weighted by Crippen LogP contribution is 1.99. The summed E-state index contributed by atoms with van der Waals surface area (Å²) >= 11 is 0. The van der Waals surface area contributed by atoms with E-state index in [1.165, 1.54) is 45.7 Å². The second-order valence-electron chi connectivity index (χ2n) is 4.03. The first-order valence-corrected chi connectivity index (χ1v) is 6.02. The Labute approximate surface area is 88.5 Å². The van der Waals surface area contributed by atoms with Crippen molar-refractivity contribution < 1.29 is 0 Å². The standard InChI is InChI=1S/C11H25N3/c1-3-5-12-6-7-14-10-8-13(4-2)9-11-14/h12H,3-11H2,1-2H3. The predicted molar refractivity (Wildman–Crippen MR) is 61.7 cm³/mol. The molecule has 1 aliphatic heterocycles. The molecule has 0 aromatic heterocycles. The van der Waals surface area contributed by atoms with Gasteiger partial charge in [-0.3, -0.25) is 4.90 Å². The van der Waals surface area contributed by atoms with E-state index in [0.29, 0.717) is 0 Å². The Morgan fingerprint density at radius 3 is 2.14 bits per heavy atom. The van der Waals surface area contributed by atoms with Gasteiger partial charge in [0.05, 0.1) is 0 Å². The summed E-state index contributed by atoms with van der Waals surface area (Å²) in [5.74, 6) is 0. The molecule has 1 saturated heterocycles. The number of nitrogens with zero attached hydrogens (tertiary/aromatic N) is 2. The average molecular weight is 199 g/mol. The molecule has 0 atom stereocenters. The summed E-state index contributed by atoms with van der Waals surface area (Å²) in [5.41, 5.74) is 0. The van der Waals surface area contributed by atoms with E-state index in [4.69, 9.17) is 0 Å². The lowest BCUT2D eigenvalue weighted by Crippen LogP contribution is -2.47. The van der Waals surface area contributed by atoms with Gasteiger partial charge in [0.15, 0.2) is 0 Å². The summed E-state index contributed by atoms with van der Waals surface area (Å²) in [6, 6.07) is 0. The zero-order chi connectivity index (χ0) is 10.2. The van der Waals surface area contributed by atoms with Crippen LogP contribution < -0.4 is 5.32 Å². The number of rotatable bonds is 6. The molecule has 3 heteroatoms. The third-order valence-electron chi connectivity index (χ3n) is 2.94.